The fourth-order valence-electron chi connectivity index (χ4n) is 2.34. The summed E-state index contributed by atoms with van der Waals surface area (Å²) < 4.78 is 0. The summed E-state index contributed by atoms with van der Waals surface area (Å²) in [5.41, 5.74) is 2.77. The summed E-state index contributed by atoms with van der Waals surface area (Å²) in [7, 11) is 1.57. The lowest BCUT2D eigenvalue weighted by Crippen LogP contribution is -2.35. The van der Waals surface area contributed by atoms with Crippen LogP contribution in [0.5, 0.6) is 0 Å². The number of nitrogens with one attached hydrogen (secondary N) is 1. The molecule has 0 aliphatic heterocycles. The fraction of sp³-hybridized carbons (Fsp3) is 0.316. The molecule has 0 saturated heterocycles. The minimum atomic E-state index is -0.255. The van der Waals surface area contributed by atoms with Crippen LogP contribution in [-0.4, -0.2) is 36.1 Å². The summed E-state index contributed by atoms with van der Waals surface area (Å²) in [6, 6.07) is 9.37. The van der Waals surface area contributed by atoms with Gasteiger partial charge in [0.1, 0.15) is 0 Å². The number of hydrogen-bond acceptors (Lipinski definition) is 4. The molecule has 1 aromatic carbocycles. The van der Waals surface area contributed by atoms with Crippen LogP contribution in [0.25, 0.3) is 0 Å². The van der Waals surface area contributed by atoms with Crippen molar-refractivity contribution < 1.29 is 14.4 Å². The summed E-state index contributed by atoms with van der Waals surface area (Å²) in [6.07, 6.45) is 0.256. The van der Waals surface area contributed by atoms with E-state index < -0.39 is 0 Å². The molecule has 0 saturated carbocycles. The number of carbonyl (C=O) groups excluding carboxylic acids is 3. The normalized spacial score (nSPS) is 10.4. The van der Waals surface area contributed by atoms with E-state index in [2.05, 4.69) is 5.32 Å². The number of Topliss-reactive ketones (excluding diaryl/α,β-unsaturated/α-hetero) is 1. The summed E-state index contributed by atoms with van der Waals surface area (Å²) in [6.45, 7) is 3.83. The second-order valence-electron chi connectivity index (χ2n) is 6.02. The zero-order valence-electron chi connectivity index (χ0n) is 14.7. The van der Waals surface area contributed by atoms with Crippen LogP contribution in [0.2, 0.25) is 0 Å². The Morgan fingerprint density at radius 2 is 1.88 bits per heavy atom. The van der Waals surface area contributed by atoms with Crippen LogP contribution in [0.1, 0.15) is 33.6 Å². The maximum Gasteiger partial charge on any atom is 0.243 e. The quantitative estimate of drug-likeness (QED) is 0.771. The van der Waals surface area contributed by atoms with Gasteiger partial charge in [-0.25, -0.2) is 0 Å². The molecule has 0 aliphatic carbocycles. The van der Waals surface area contributed by atoms with Gasteiger partial charge in [-0.3, -0.25) is 14.4 Å². The van der Waals surface area contributed by atoms with E-state index in [1.165, 1.54) is 16.2 Å². The van der Waals surface area contributed by atoms with E-state index in [1.54, 1.807) is 13.1 Å². The Morgan fingerprint density at radius 3 is 2.56 bits per heavy atom. The topological polar surface area (TPSA) is 66.5 Å². The molecule has 2 aromatic rings. The lowest BCUT2D eigenvalue weighted by atomic mass is 10.1. The van der Waals surface area contributed by atoms with Gasteiger partial charge < -0.3 is 10.2 Å². The number of amides is 2. The van der Waals surface area contributed by atoms with Crippen molar-refractivity contribution in [1.29, 1.82) is 0 Å². The van der Waals surface area contributed by atoms with Crippen molar-refractivity contribution in [3.63, 3.8) is 0 Å². The Balaban J connectivity index is 1.82. The molecule has 2 amide bonds. The van der Waals surface area contributed by atoms with Gasteiger partial charge in [-0.15, -0.1) is 11.3 Å². The van der Waals surface area contributed by atoms with E-state index in [9.17, 15) is 14.4 Å². The minimum Gasteiger partial charge on any atom is -0.336 e. The summed E-state index contributed by atoms with van der Waals surface area (Å²) >= 11 is 1.37. The largest absolute Gasteiger partial charge is 0.336 e. The van der Waals surface area contributed by atoms with E-state index >= 15 is 0 Å². The Morgan fingerprint density at radius 1 is 1.12 bits per heavy atom. The lowest BCUT2D eigenvalue weighted by molar-refractivity contribution is -0.133. The highest BCUT2D eigenvalue weighted by Gasteiger charge is 2.16. The smallest absolute Gasteiger partial charge is 0.243 e. The molecule has 132 valence electrons. The zero-order valence-corrected chi connectivity index (χ0v) is 15.5. The summed E-state index contributed by atoms with van der Waals surface area (Å²) in [5, 5.41) is 4.66. The van der Waals surface area contributed by atoms with Gasteiger partial charge in [-0.1, -0.05) is 18.2 Å². The van der Waals surface area contributed by atoms with Gasteiger partial charge in [0.2, 0.25) is 11.8 Å². The number of hydrogen-bond donors (Lipinski definition) is 1. The predicted octanol–water partition coefficient (Wildman–Crippen LogP) is 3.42. The van der Waals surface area contributed by atoms with Crippen molar-refractivity contribution in [2.75, 3.05) is 18.9 Å². The van der Waals surface area contributed by atoms with Crippen LogP contribution >= 0.6 is 11.3 Å². The number of carbonyl (C=O) groups is 3. The maximum absolute atomic E-state index is 12.1. The Hall–Kier alpha value is -2.47. The first kappa shape index (κ1) is 18.9. The third kappa shape index (κ3) is 5.53. The van der Waals surface area contributed by atoms with Gasteiger partial charge in [0.05, 0.1) is 11.4 Å². The number of rotatable bonds is 7. The predicted molar refractivity (Wildman–Crippen MR) is 100 cm³/mol. The Bertz CT molecular complexity index is 769. The first-order valence-electron chi connectivity index (χ1n) is 8.04. The van der Waals surface area contributed by atoms with Gasteiger partial charge in [-0.05, 0) is 42.5 Å². The third-order valence-corrected chi connectivity index (χ3v) is 4.75. The average molecular weight is 358 g/mol. The van der Waals surface area contributed by atoms with Crippen molar-refractivity contribution >= 4 is 34.6 Å². The zero-order chi connectivity index (χ0) is 18.4. The van der Waals surface area contributed by atoms with E-state index in [-0.39, 0.29) is 37.0 Å². The van der Waals surface area contributed by atoms with Crippen LogP contribution in [0.4, 0.5) is 5.69 Å². The number of aryl methyl sites for hydroxylation is 2. The molecule has 0 atom stereocenters. The third-order valence-electron chi connectivity index (χ3n) is 3.84. The van der Waals surface area contributed by atoms with Crippen LogP contribution < -0.4 is 5.32 Å². The highest BCUT2D eigenvalue weighted by Crippen LogP contribution is 2.16. The molecule has 0 bridgehead atoms. The first-order valence-corrected chi connectivity index (χ1v) is 8.92. The van der Waals surface area contributed by atoms with Crippen molar-refractivity contribution in [3.8, 4) is 0 Å². The fourth-order valence-corrected chi connectivity index (χ4v) is 3.03. The second kappa shape index (κ2) is 8.58. The van der Waals surface area contributed by atoms with Gasteiger partial charge >= 0.3 is 0 Å². The van der Waals surface area contributed by atoms with Crippen LogP contribution in [-0.2, 0) is 9.59 Å². The van der Waals surface area contributed by atoms with Gasteiger partial charge in [0.25, 0.3) is 0 Å². The summed E-state index contributed by atoms with van der Waals surface area (Å²) in [5.74, 6) is -0.522. The van der Waals surface area contributed by atoms with Crippen molar-refractivity contribution in [3.05, 3.63) is 51.7 Å². The second-order valence-corrected chi connectivity index (χ2v) is 6.96. The van der Waals surface area contributed by atoms with E-state index in [4.69, 9.17) is 0 Å². The van der Waals surface area contributed by atoms with E-state index in [0.29, 0.717) is 4.88 Å². The van der Waals surface area contributed by atoms with E-state index in [0.717, 1.165) is 16.8 Å². The number of benzene rings is 1. The first-order chi connectivity index (χ1) is 11.9. The molecule has 1 heterocycles. The molecular weight excluding hydrogens is 336 g/mol. The van der Waals surface area contributed by atoms with Gasteiger partial charge in [0, 0.05) is 25.6 Å². The maximum atomic E-state index is 12.1. The minimum absolute atomic E-state index is 0.0423. The van der Waals surface area contributed by atoms with Crippen molar-refractivity contribution in [2.24, 2.45) is 0 Å². The number of ketones is 1. The Labute approximate surface area is 151 Å². The Kier molecular flexibility index (Phi) is 6.47. The van der Waals surface area contributed by atoms with Crippen LogP contribution in [0, 0.1) is 13.8 Å². The molecule has 0 unspecified atom stereocenters. The molecule has 0 fully saturated rings. The molecular formula is C19H22N2O3S. The molecule has 25 heavy (non-hydrogen) atoms. The lowest BCUT2D eigenvalue weighted by Gasteiger charge is -2.17. The summed E-state index contributed by atoms with van der Waals surface area (Å²) in [4.78, 5) is 38.2. The molecule has 1 aromatic heterocycles. The van der Waals surface area contributed by atoms with Crippen LogP contribution in [0.15, 0.2) is 35.7 Å². The van der Waals surface area contributed by atoms with E-state index in [1.807, 2.05) is 43.5 Å². The number of nitrogens with zero attached hydrogens (tertiary/aromatic N) is 1. The van der Waals surface area contributed by atoms with Gasteiger partial charge in [0.15, 0.2) is 5.78 Å². The molecule has 5 nitrogen and oxygen atoms in total. The highest BCUT2D eigenvalue weighted by molar-refractivity contribution is 7.12. The standard InChI is InChI=1S/C19H22N2O3S/c1-13-6-7-14(2)15(11-13)20-18(23)12-21(3)19(24)9-8-16(22)17-5-4-10-25-17/h4-7,10-11H,8-9,12H2,1-3H3,(H,20,23). The van der Waals surface area contributed by atoms with Crippen molar-refractivity contribution in [1.82, 2.24) is 4.90 Å². The average Bonchev–Trinajstić information content (AvgIpc) is 3.10. The molecule has 6 heteroatoms. The SMILES string of the molecule is Cc1ccc(C)c(NC(=O)CN(C)C(=O)CCC(=O)c2cccs2)c1. The molecule has 0 aliphatic rings. The van der Waals surface area contributed by atoms with Crippen molar-refractivity contribution in [2.45, 2.75) is 26.7 Å². The number of anilines is 1. The molecule has 1 N–H and O–H groups in total. The van der Waals surface area contributed by atoms with Crippen LogP contribution in [0.3, 0.4) is 0 Å². The molecule has 2 rings (SSSR count). The molecule has 0 spiro atoms. The number of thiophene rings is 1. The van der Waals surface area contributed by atoms with Gasteiger partial charge in [-0.2, -0.15) is 0 Å². The number of likely N-dealkylation sites (N-methyl/N-ethyl adjacent to an activating group) is 1. The highest BCUT2D eigenvalue weighted by atomic mass is 32.1. The molecule has 0 radical (unpaired) electrons. The monoisotopic (exact) mass is 358 g/mol.